The minimum atomic E-state index is 0.381. The second-order valence-electron chi connectivity index (χ2n) is 4.41. The van der Waals surface area contributed by atoms with Crippen molar-refractivity contribution in [3.8, 4) is 11.4 Å². The van der Waals surface area contributed by atoms with Crippen molar-refractivity contribution in [2.75, 3.05) is 0 Å². The summed E-state index contributed by atoms with van der Waals surface area (Å²) in [6.45, 7) is 1.93. The molecule has 0 bridgehead atoms. The molecule has 2 aromatic carbocycles. The minimum Gasteiger partial charge on any atom is -0.228 e. The average molecular weight is 324 g/mol. The zero-order valence-corrected chi connectivity index (χ0v) is 12.8. The second-order valence-corrected chi connectivity index (χ2v) is 5.61. The van der Waals surface area contributed by atoms with Gasteiger partial charge in [-0.05, 0) is 36.8 Å². The summed E-state index contributed by atoms with van der Waals surface area (Å²) in [4.78, 5) is 8.89. The van der Waals surface area contributed by atoms with Gasteiger partial charge in [0.2, 0.25) is 0 Å². The van der Waals surface area contributed by atoms with Crippen LogP contribution < -0.4 is 0 Å². The molecule has 0 aliphatic carbocycles. The number of aromatic nitrogens is 2. The van der Waals surface area contributed by atoms with Crippen LogP contribution in [-0.2, 0) is 0 Å². The van der Waals surface area contributed by atoms with Gasteiger partial charge in [-0.15, -0.1) is 0 Å². The first-order chi connectivity index (χ1) is 9.56. The van der Waals surface area contributed by atoms with Gasteiger partial charge in [0.25, 0.3) is 0 Å². The molecule has 0 radical (unpaired) electrons. The highest BCUT2D eigenvalue weighted by atomic mass is 35.5. The van der Waals surface area contributed by atoms with Crippen LogP contribution in [0.25, 0.3) is 22.3 Å². The van der Waals surface area contributed by atoms with Gasteiger partial charge in [-0.25, -0.2) is 9.97 Å². The van der Waals surface area contributed by atoms with Crippen molar-refractivity contribution in [2.45, 2.75) is 6.92 Å². The van der Waals surface area contributed by atoms with Crippen LogP contribution in [0.15, 0.2) is 36.4 Å². The van der Waals surface area contributed by atoms with E-state index in [-0.39, 0.29) is 0 Å². The van der Waals surface area contributed by atoms with Gasteiger partial charge in [0.1, 0.15) is 5.15 Å². The third-order valence-electron chi connectivity index (χ3n) is 3.12. The van der Waals surface area contributed by atoms with Crippen LogP contribution in [0.4, 0.5) is 0 Å². The summed E-state index contributed by atoms with van der Waals surface area (Å²) < 4.78 is 0. The Hall–Kier alpha value is -1.35. The van der Waals surface area contributed by atoms with E-state index in [1.54, 1.807) is 12.1 Å². The van der Waals surface area contributed by atoms with Crippen LogP contribution in [-0.4, -0.2) is 9.97 Å². The van der Waals surface area contributed by atoms with E-state index >= 15 is 0 Å². The summed E-state index contributed by atoms with van der Waals surface area (Å²) in [5, 5.41) is 2.41. The Kier molecular flexibility index (Phi) is 3.55. The van der Waals surface area contributed by atoms with Gasteiger partial charge in [0.05, 0.1) is 5.52 Å². The van der Waals surface area contributed by atoms with Gasteiger partial charge in [-0.2, -0.15) is 0 Å². The smallest absolute Gasteiger partial charge is 0.161 e. The van der Waals surface area contributed by atoms with Gasteiger partial charge in [0, 0.05) is 21.0 Å². The Morgan fingerprint density at radius 1 is 0.950 bits per heavy atom. The molecule has 0 aliphatic heterocycles. The molecule has 3 aromatic rings. The van der Waals surface area contributed by atoms with Gasteiger partial charge >= 0.3 is 0 Å². The lowest BCUT2D eigenvalue weighted by atomic mass is 10.1. The van der Waals surface area contributed by atoms with Crippen molar-refractivity contribution >= 4 is 45.7 Å². The van der Waals surface area contributed by atoms with E-state index < -0.39 is 0 Å². The molecule has 2 nitrogen and oxygen atoms in total. The van der Waals surface area contributed by atoms with Crippen molar-refractivity contribution in [1.29, 1.82) is 0 Å². The first kappa shape index (κ1) is 13.6. The zero-order valence-electron chi connectivity index (χ0n) is 10.5. The number of nitrogens with zero attached hydrogens (tertiary/aromatic N) is 2. The normalized spacial score (nSPS) is 11.0. The Bertz CT molecular complexity index is 816. The van der Waals surface area contributed by atoms with Gasteiger partial charge in [0.15, 0.2) is 5.82 Å². The SMILES string of the molecule is Cc1c(Cl)cccc1-c1nc(Cl)c2cc(Cl)ccc2n1. The van der Waals surface area contributed by atoms with Crippen molar-refractivity contribution in [3.63, 3.8) is 0 Å². The first-order valence-electron chi connectivity index (χ1n) is 5.94. The van der Waals surface area contributed by atoms with Crippen LogP contribution in [0, 0.1) is 6.92 Å². The van der Waals surface area contributed by atoms with E-state index in [4.69, 9.17) is 34.8 Å². The lowest BCUT2D eigenvalue weighted by Gasteiger charge is -2.08. The molecular formula is C15H9Cl3N2. The van der Waals surface area contributed by atoms with E-state index in [0.717, 1.165) is 22.0 Å². The maximum atomic E-state index is 6.23. The molecule has 100 valence electrons. The number of rotatable bonds is 1. The Morgan fingerprint density at radius 2 is 1.75 bits per heavy atom. The molecule has 0 saturated heterocycles. The van der Waals surface area contributed by atoms with Crippen LogP contribution in [0.5, 0.6) is 0 Å². The van der Waals surface area contributed by atoms with Gasteiger partial charge < -0.3 is 0 Å². The summed E-state index contributed by atoms with van der Waals surface area (Å²) in [5.41, 5.74) is 2.55. The number of hydrogen-bond donors (Lipinski definition) is 0. The summed E-state index contributed by atoms with van der Waals surface area (Å²) in [6.07, 6.45) is 0. The number of hydrogen-bond acceptors (Lipinski definition) is 2. The van der Waals surface area contributed by atoms with Crippen molar-refractivity contribution in [3.05, 3.63) is 57.2 Å². The molecule has 0 aliphatic rings. The highest BCUT2D eigenvalue weighted by molar-refractivity contribution is 6.36. The summed E-state index contributed by atoms with van der Waals surface area (Å²) in [5.74, 6) is 0.560. The van der Waals surface area contributed by atoms with E-state index in [0.29, 0.717) is 21.0 Å². The molecule has 3 rings (SSSR count). The largest absolute Gasteiger partial charge is 0.228 e. The predicted octanol–water partition coefficient (Wildman–Crippen LogP) is 5.57. The molecule has 1 aromatic heterocycles. The average Bonchev–Trinajstić information content (AvgIpc) is 2.42. The molecule has 0 N–H and O–H groups in total. The fourth-order valence-electron chi connectivity index (χ4n) is 2.03. The lowest BCUT2D eigenvalue weighted by molar-refractivity contribution is 1.21. The predicted molar refractivity (Wildman–Crippen MR) is 84.7 cm³/mol. The molecule has 0 spiro atoms. The quantitative estimate of drug-likeness (QED) is 0.547. The molecule has 0 saturated carbocycles. The first-order valence-corrected chi connectivity index (χ1v) is 7.08. The van der Waals surface area contributed by atoms with Crippen LogP contribution in [0.1, 0.15) is 5.56 Å². The topological polar surface area (TPSA) is 25.8 Å². The van der Waals surface area contributed by atoms with Crippen LogP contribution in [0.2, 0.25) is 15.2 Å². The Balaban J connectivity index is 2.28. The van der Waals surface area contributed by atoms with E-state index in [2.05, 4.69) is 9.97 Å². The summed E-state index contributed by atoms with van der Waals surface area (Å²) in [6, 6.07) is 11.0. The molecule has 0 amide bonds. The number of halogens is 3. The summed E-state index contributed by atoms with van der Waals surface area (Å²) in [7, 11) is 0. The van der Waals surface area contributed by atoms with E-state index in [1.807, 2.05) is 31.2 Å². The molecule has 0 unspecified atom stereocenters. The van der Waals surface area contributed by atoms with Crippen molar-refractivity contribution in [2.24, 2.45) is 0 Å². The monoisotopic (exact) mass is 322 g/mol. The van der Waals surface area contributed by atoms with Crippen LogP contribution >= 0.6 is 34.8 Å². The van der Waals surface area contributed by atoms with E-state index in [9.17, 15) is 0 Å². The number of benzene rings is 2. The molecule has 20 heavy (non-hydrogen) atoms. The third kappa shape index (κ3) is 2.35. The van der Waals surface area contributed by atoms with E-state index in [1.165, 1.54) is 0 Å². The van der Waals surface area contributed by atoms with Crippen molar-refractivity contribution < 1.29 is 0 Å². The Morgan fingerprint density at radius 3 is 2.55 bits per heavy atom. The highest BCUT2D eigenvalue weighted by Gasteiger charge is 2.11. The fourth-order valence-corrected chi connectivity index (χ4v) is 2.61. The second kappa shape index (κ2) is 5.21. The van der Waals surface area contributed by atoms with Crippen molar-refractivity contribution in [1.82, 2.24) is 9.97 Å². The fraction of sp³-hybridized carbons (Fsp3) is 0.0667. The van der Waals surface area contributed by atoms with Gasteiger partial charge in [-0.3, -0.25) is 0 Å². The zero-order chi connectivity index (χ0) is 14.3. The standard InChI is InChI=1S/C15H9Cl3N2/c1-8-10(3-2-4-12(8)17)15-19-13-6-5-9(16)7-11(13)14(18)20-15/h2-7H,1H3. The number of fused-ring (bicyclic) bond motifs is 1. The molecule has 0 atom stereocenters. The minimum absolute atomic E-state index is 0.381. The molecule has 0 fully saturated rings. The maximum Gasteiger partial charge on any atom is 0.161 e. The van der Waals surface area contributed by atoms with Gasteiger partial charge in [-0.1, -0.05) is 46.9 Å². The molecular weight excluding hydrogens is 315 g/mol. The highest BCUT2D eigenvalue weighted by Crippen LogP contribution is 2.30. The third-order valence-corrected chi connectivity index (χ3v) is 4.05. The lowest BCUT2D eigenvalue weighted by Crippen LogP contribution is -1.94. The van der Waals surface area contributed by atoms with Crippen LogP contribution in [0.3, 0.4) is 0 Å². The Labute approximate surface area is 131 Å². The summed E-state index contributed by atoms with van der Waals surface area (Å²) >= 11 is 18.3. The maximum absolute atomic E-state index is 6.23. The molecule has 1 heterocycles. The molecule has 5 heteroatoms.